The van der Waals surface area contributed by atoms with Gasteiger partial charge in [0, 0.05) is 6.07 Å². The Bertz CT molecular complexity index is 496. The molecule has 5 heteroatoms. The van der Waals surface area contributed by atoms with E-state index in [9.17, 15) is 4.79 Å². The van der Waals surface area contributed by atoms with Gasteiger partial charge in [-0.2, -0.15) is 0 Å². The van der Waals surface area contributed by atoms with Crippen LogP contribution in [0.1, 0.15) is 33.6 Å². The zero-order valence-electron chi connectivity index (χ0n) is 13.0. The van der Waals surface area contributed by atoms with Crippen molar-refractivity contribution in [2.24, 2.45) is 0 Å². The van der Waals surface area contributed by atoms with Gasteiger partial charge in [-0.15, -0.1) is 0 Å². The number of benzene rings is 1. The van der Waals surface area contributed by atoms with Gasteiger partial charge in [-0.3, -0.25) is 4.79 Å². The molecule has 5 nitrogen and oxygen atoms in total. The number of anilines is 1. The summed E-state index contributed by atoms with van der Waals surface area (Å²) >= 11 is 0. The molecule has 0 bridgehead atoms. The Morgan fingerprint density at radius 2 is 2.10 bits per heavy atom. The van der Waals surface area contributed by atoms with Crippen molar-refractivity contribution in [2.45, 2.75) is 39.2 Å². The Morgan fingerprint density at radius 1 is 1.33 bits per heavy atom. The molecular formula is C16H24N2O3. The fourth-order valence-electron chi connectivity index (χ4n) is 2.49. The van der Waals surface area contributed by atoms with E-state index in [1.54, 1.807) is 0 Å². The molecule has 0 aromatic heterocycles. The third kappa shape index (κ3) is 3.67. The molecule has 1 heterocycles. The Hall–Kier alpha value is -1.75. The van der Waals surface area contributed by atoms with E-state index >= 15 is 0 Å². The molecule has 1 fully saturated rings. The minimum Gasteiger partial charge on any atom is -0.494 e. The normalized spacial score (nSPS) is 21.1. The SMILES string of the molecule is CCOc1ccc(OCC)c(NC(=O)C2(C)CCCN2)c1. The second-order valence-electron chi connectivity index (χ2n) is 5.34. The number of ether oxygens (including phenoxy) is 2. The summed E-state index contributed by atoms with van der Waals surface area (Å²) in [5, 5.41) is 6.23. The number of amides is 1. The van der Waals surface area contributed by atoms with E-state index in [4.69, 9.17) is 9.47 Å². The van der Waals surface area contributed by atoms with Gasteiger partial charge in [-0.1, -0.05) is 0 Å². The van der Waals surface area contributed by atoms with Crippen LogP contribution in [0.15, 0.2) is 18.2 Å². The molecule has 116 valence electrons. The molecule has 1 aromatic rings. The van der Waals surface area contributed by atoms with Crippen LogP contribution >= 0.6 is 0 Å². The second kappa shape index (κ2) is 6.80. The van der Waals surface area contributed by atoms with Crippen LogP contribution in [-0.2, 0) is 4.79 Å². The lowest BCUT2D eigenvalue weighted by Gasteiger charge is -2.24. The maximum atomic E-state index is 12.5. The first-order chi connectivity index (χ1) is 10.1. The Morgan fingerprint density at radius 3 is 2.71 bits per heavy atom. The predicted octanol–water partition coefficient (Wildman–Crippen LogP) is 2.56. The van der Waals surface area contributed by atoms with Crippen molar-refractivity contribution in [3.63, 3.8) is 0 Å². The maximum absolute atomic E-state index is 12.5. The molecule has 1 saturated heterocycles. The standard InChI is InChI=1S/C16H24N2O3/c1-4-20-12-7-8-14(21-5-2)13(11-12)18-15(19)16(3)9-6-10-17-16/h7-8,11,17H,4-6,9-10H2,1-3H3,(H,18,19). The van der Waals surface area contributed by atoms with E-state index < -0.39 is 5.54 Å². The van der Waals surface area contributed by atoms with Crippen molar-refractivity contribution in [2.75, 3.05) is 25.1 Å². The summed E-state index contributed by atoms with van der Waals surface area (Å²) < 4.78 is 11.1. The lowest BCUT2D eigenvalue weighted by atomic mass is 9.99. The molecular weight excluding hydrogens is 268 g/mol. The molecule has 2 N–H and O–H groups in total. The van der Waals surface area contributed by atoms with Crippen LogP contribution in [0.2, 0.25) is 0 Å². The highest BCUT2D eigenvalue weighted by molar-refractivity contribution is 5.99. The number of nitrogens with one attached hydrogen (secondary N) is 2. The minimum absolute atomic E-state index is 0.0328. The topological polar surface area (TPSA) is 59.6 Å². The second-order valence-corrected chi connectivity index (χ2v) is 5.34. The molecule has 1 aliphatic rings. The summed E-state index contributed by atoms with van der Waals surface area (Å²) in [6, 6.07) is 5.49. The predicted molar refractivity (Wildman–Crippen MR) is 83.1 cm³/mol. The summed E-state index contributed by atoms with van der Waals surface area (Å²) in [6.07, 6.45) is 1.86. The Balaban J connectivity index is 2.19. The van der Waals surface area contributed by atoms with Crippen LogP contribution in [-0.4, -0.2) is 31.2 Å². The van der Waals surface area contributed by atoms with E-state index in [1.165, 1.54) is 0 Å². The van der Waals surface area contributed by atoms with Gasteiger partial charge in [0.05, 0.1) is 24.4 Å². The zero-order chi connectivity index (χ0) is 15.3. The van der Waals surface area contributed by atoms with Crippen LogP contribution in [0.3, 0.4) is 0 Å². The van der Waals surface area contributed by atoms with Gasteiger partial charge in [-0.25, -0.2) is 0 Å². The fraction of sp³-hybridized carbons (Fsp3) is 0.562. The quantitative estimate of drug-likeness (QED) is 0.846. The van der Waals surface area contributed by atoms with E-state index in [0.29, 0.717) is 24.7 Å². The van der Waals surface area contributed by atoms with Crippen LogP contribution in [0.5, 0.6) is 11.5 Å². The van der Waals surface area contributed by atoms with Crippen LogP contribution in [0.4, 0.5) is 5.69 Å². The third-order valence-corrected chi connectivity index (χ3v) is 3.68. The van der Waals surface area contributed by atoms with Gasteiger partial charge in [0.25, 0.3) is 0 Å². The average molecular weight is 292 g/mol. The highest BCUT2D eigenvalue weighted by Crippen LogP contribution is 2.31. The molecule has 0 aliphatic carbocycles. The maximum Gasteiger partial charge on any atom is 0.244 e. The smallest absolute Gasteiger partial charge is 0.244 e. The van der Waals surface area contributed by atoms with Gasteiger partial charge in [0.1, 0.15) is 11.5 Å². The first-order valence-corrected chi connectivity index (χ1v) is 7.55. The van der Waals surface area contributed by atoms with E-state index in [1.807, 2.05) is 39.0 Å². The molecule has 1 amide bonds. The third-order valence-electron chi connectivity index (χ3n) is 3.68. The van der Waals surface area contributed by atoms with Crippen molar-refractivity contribution in [3.8, 4) is 11.5 Å². The lowest BCUT2D eigenvalue weighted by molar-refractivity contribution is -0.121. The van der Waals surface area contributed by atoms with Gasteiger partial charge in [-0.05, 0) is 52.3 Å². The van der Waals surface area contributed by atoms with Crippen molar-refractivity contribution < 1.29 is 14.3 Å². The van der Waals surface area contributed by atoms with Crippen molar-refractivity contribution in [1.82, 2.24) is 5.32 Å². The molecule has 1 aliphatic heterocycles. The molecule has 1 atom stereocenters. The summed E-state index contributed by atoms with van der Waals surface area (Å²) in [5.41, 5.74) is 0.146. The van der Waals surface area contributed by atoms with E-state index in [-0.39, 0.29) is 5.91 Å². The number of carbonyl (C=O) groups is 1. The zero-order valence-corrected chi connectivity index (χ0v) is 13.0. The molecule has 0 spiro atoms. The summed E-state index contributed by atoms with van der Waals surface area (Å²) in [5.74, 6) is 1.35. The first-order valence-electron chi connectivity index (χ1n) is 7.55. The molecule has 1 unspecified atom stereocenters. The Labute approximate surface area is 126 Å². The molecule has 0 saturated carbocycles. The molecule has 1 aromatic carbocycles. The van der Waals surface area contributed by atoms with Crippen molar-refractivity contribution in [3.05, 3.63) is 18.2 Å². The molecule has 0 radical (unpaired) electrons. The first kappa shape index (κ1) is 15.6. The minimum atomic E-state index is -0.509. The van der Waals surface area contributed by atoms with Crippen LogP contribution < -0.4 is 20.1 Å². The fourth-order valence-corrected chi connectivity index (χ4v) is 2.49. The van der Waals surface area contributed by atoms with Crippen molar-refractivity contribution >= 4 is 11.6 Å². The van der Waals surface area contributed by atoms with Gasteiger partial charge < -0.3 is 20.1 Å². The molecule has 21 heavy (non-hydrogen) atoms. The number of carbonyl (C=O) groups excluding carboxylic acids is 1. The van der Waals surface area contributed by atoms with E-state index in [2.05, 4.69) is 10.6 Å². The van der Waals surface area contributed by atoms with Crippen LogP contribution in [0, 0.1) is 0 Å². The number of hydrogen-bond acceptors (Lipinski definition) is 4. The number of hydrogen-bond donors (Lipinski definition) is 2. The van der Waals surface area contributed by atoms with E-state index in [0.717, 1.165) is 25.1 Å². The summed E-state index contributed by atoms with van der Waals surface area (Å²) in [6.45, 7) is 7.79. The largest absolute Gasteiger partial charge is 0.494 e. The Kier molecular flexibility index (Phi) is 5.07. The average Bonchev–Trinajstić information content (AvgIpc) is 2.90. The lowest BCUT2D eigenvalue weighted by Crippen LogP contribution is -2.48. The van der Waals surface area contributed by atoms with Gasteiger partial charge in [0.2, 0.25) is 5.91 Å². The summed E-state index contributed by atoms with van der Waals surface area (Å²) in [7, 11) is 0. The van der Waals surface area contributed by atoms with Crippen molar-refractivity contribution in [1.29, 1.82) is 0 Å². The van der Waals surface area contributed by atoms with Gasteiger partial charge in [0.15, 0.2) is 0 Å². The summed E-state index contributed by atoms with van der Waals surface area (Å²) in [4.78, 5) is 12.5. The molecule has 2 rings (SSSR count). The van der Waals surface area contributed by atoms with Crippen LogP contribution in [0.25, 0.3) is 0 Å². The van der Waals surface area contributed by atoms with Gasteiger partial charge >= 0.3 is 0 Å². The monoisotopic (exact) mass is 292 g/mol. The number of rotatable bonds is 6. The highest BCUT2D eigenvalue weighted by atomic mass is 16.5. The highest BCUT2D eigenvalue weighted by Gasteiger charge is 2.36.